The van der Waals surface area contributed by atoms with Crippen molar-refractivity contribution in [3.05, 3.63) is 82.6 Å². The van der Waals surface area contributed by atoms with Crippen LogP contribution in [0, 0.1) is 6.92 Å². The van der Waals surface area contributed by atoms with Crippen LogP contribution in [0.3, 0.4) is 0 Å². The van der Waals surface area contributed by atoms with Gasteiger partial charge in [-0.3, -0.25) is 4.79 Å². The Bertz CT molecular complexity index is 1040. The van der Waals surface area contributed by atoms with Crippen molar-refractivity contribution >= 4 is 29.4 Å². The highest BCUT2D eigenvalue weighted by atomic mass is 35.5. The molecule has 1 aromatic heterocycles. The van der Waals surface area contributed by atoms with Gasteiger partial charge in [-0.15, -0.1) is 0 Å². The van der Waals surface area contributed by atoms with Gasteiger partial charge < -0.3 is 9.47 Å². The van der Waals surface area contributed by atoms with Gasteiger partial charge in [-0.25, -0.2) is 9.48 Å². The van der Waals surface area contributed by atoms with Gasteiger partial charge in [-0.05, 0) is 49.4 Å². The highest BCUT2D eigenvalue weighted by Gasteiger charge is 2.13. The van der Waals surface area contributed by atoms with E-state index in [0.29, 0.717) is 27.7 Å². The van der Waals surface area contributed by atoms with Crippen LogP contribution in [0.25, 0.3) is 11.8 Å². The zero-order valence-electron chi connectivity index (χ0n) is 16.0. The third-order valence-electron chi connectivity index (χ3n) is 4.19. The normalized spacial score (nSPS) is 10.9. The van der Waals surface area contributed by atoms with E-state index in [0.717, 1.165) is 5.69 Å². The quantitative estimate of drug-likeness (QED) is 0.330. The minimum absolute atomic E-state index is 0.305. The average Bonchev–Trinajstić information content (AvgIpc) is 3.04. The summed E-state index contributed by atoms with van der Waals surface area (Å²) in [5.41, 5.74) is 2.52. The minimum atomic E-state index is -0.644. The Labute approximate surface area is 173 Å². The van der Waals surface area contributed by atoms with Gasteiger partial charge in [0.1, 0.15) is 10.9 Å². The molecule has 148 valence electrons. The fourth-order valence-corrected chi connectivity index (χ4v) is 2.97. The van der Waals surface area contributed by atoms with Crippen molar-refractivity contribution in [1.82, 2.24) is 9.78 Å². The lowest BCUT2D eigenvalue weighted by Crippen LogP contribution is -2.12. The van der Waals surface area contributed by atoms with Gasteiger partial charge in [-0.2, -0.15) is 5.10 Å². The Morgan fingerprint density at radius 2 is 1.79 bits per heavy atom. The number of ketones is 1. The molecule has 0 aliphatic rings. The first-order valence-electron chi connectivity index (χ1n) is 8.82. The van der Waals surface area contributed by atoms with E-state index in [-0.39, 0.29) is 12.4 Å². The number of esters is 1. The molecule has 7 heteroatoms. The maximum absolute atomic E-state index is 12.1. The second-order valence-electron chi connectivity index (χ2n) is 6.13. The molecule has 0 N–H and O–H groups in total. The lowest BCUT2D eigenvalue weighted by atomic mass is 10.1. The Kier molecular flexibility index (Phi) is 6.46. The number of nitrogens with zero attached hydrogens (tertiary/aromatic N) is 2. The number of carbonyl (C=O) groups is 2. The Balaban J connectivity index is 1.63. The molecular weight excluding hydrogens is 392 g/mol. The van der Waals surface area contributed by atoms with Gasteiger partial charge in [0.05, 0.1) is 18.5 Å². The van der Waals surface area contributed by atoms with Gasteiger partial charge in [0.15, 0.2) is 12.4 Å². The predicted octanol–water partition coefficient (Wildman–Crippen LogP) is 4.28. The van der Waals surface area contributed by atoms with Crippen LogP contribution in [0.2, 0.25) is 5.15 Å². The molecule has 3 aromatic rings. The average molecular weight is 411 g/mol. The van der Waals surface area contributed by atoms with Crippen molar-refractivity contribution in [3.63, 3.8) is 0 Å². The van der Waals surface area contributed by atoms with E-state index in [1.165, 1.54) is 12.2 Å². The Morgan fingerprint density at radius 1 is 1.10 bits per heavy atom. The summed E-state index contributed by atoms with van der Waals surface area (Å²) in [4.78, 5) is 24.1. The molecule has 0 unspecified atom stereocenters. The minimum Gasteiger partial charge on any atom is -0.497 e. The van der Waals surface area contributed by atoms with Crippen LogP contribution >= 0.6 is 11.6 Å². The fraction of sp³-hybridized carbons (Fsp3) is 0.136. The molecule has 0 saturated heterocycles. The third kappa shape index (κ3) is 4.92. The number of methoxy groups -OCH3 is 1. The van der Waals surface area contributed by atoms with Crippen LogP contribution in [0.5, 0.6) is 5.75 Å². The fourth-order valence-electron chi connectivity index (χ4n) is 2.64. The van der Waals surface area contributed by atoms with Gasteiger partial charge in [0.25, 0.3) is 0 Å². The first-order chi connectivity index (χ1) is 14.0. The molecule has 0 amide bonds. The van der Waals surface area contributed by atoms with Gasteiger partial charge in [-0.1, -0.05) is 29.8 Å². The SMILES string of the molecule is COc1ccc(C(=O)COC(=O)/C=C/c2c(C)nn(-c3ccccc3)c2Cl)cc1. The summed E-state index contributed by atoms with van der Waals surface area (Å²) in [6.45, 7) is 1.44. The molecule has 0 saturated carbocycles. The summed E-state index contributed by atoms with van der Waals surface area (Å²) < 4.78 is 11.7. The molecule has 29 heavy (non-hydrogen) atoms. The smallest absolute Gasteiger partial charge is 0.331 e. The lowest BCUT2D eigenvalue weighted by Gasteiger charge is -2.03. The van der Waals surface area contributed by atoms with E-state index < -0.39 is 5.97 Å². The van der Waals surface area contributed by atoms with Crippen LogP contribution in [0.1, 0.15) is 21.6 Å². The summed E-state index contributed by atoms with van der Waals surface area (Å²) in [5, 5.41) is 4.78. The first-order valence-corrected chi connectivity index (χ1v) is 9.20. The largest absolute Gasteiger partial charge is 0.497 e. The van der Waals surface area contributed by atoms with E-state index >= 15 is 0 Å². The monoisotopic (exact) mass is 410 g/mol. The van der Waals surface area contributed by atoms with Crippen molar-refractivity contribution in [2.45, 2.75) is 6.92 Å². The second kappa shape index (κ2) is 9.21. The van der Waals surface area contributed by atoms with Crippen molar-refractivity contribution in [3.8, 4) is 11.4 Å². The van der Waals surface area contributed by atoms with Gasteiger partial charge in [0, 0.05) is 17.2 Å². The maximum atomic E-state index is 12.1. The number of rotatable bonds is 7. The van der Waals surface area contributed by atoms with Crippen LogP contribution in [0.15, 0.2) is 60.7 Å². The van der Waals surface area contributed by atoms with Crippen molar-refractivity contribution in [1.29, 1.82) is 0 Å². The molecule has 1 heterocycles. The van der Waals surface area contributed by atoms with Crippen molar-refractivity contribution < 1.29 is 19.1 Å². The topological polar surface area (TPSA) is 70.4 Å². The predicted molar refractivity (Wildman–Crippen MR) is 111 cm³/mol. The van der Waals surface area contributed by atoms with Gasteiger partial charge in [0.2, 0.25) is 0 Å². The van der Waals surface area contributed by atoms with Crippen molar-refractivity contribution in [2.75, 3.05) is 13.7 Å². The highest BCUT2D eigenvalue weighted by Crippen LogP contribution is 2.24. The van der Waals surface area contributed by atoms with E-state index in [1.54, 1.807) is 43.0 Å². The number of carbonyl (C=O) groups excluding carboxylic acids is 2. The summed E-state index contributed by atoms with van der Waals surface area (Å²) >= 11 is 6.41. The number of hydrogen-bond acceptors (Lipinski definition) is 5. The van der Waals surface area contributed by atoms with Crippen LogP contribution < -0.4 is 4.74 Å². The third-order valence-corrected chi connectivity index (χ3v) is 4.56. The summed E-state index contributed by atoms with van der Waals surface area (Å²) in [5.74, 6) is -0.305. The number of hydrogen-bond donors (Lipinski definition) is 0. The molecule has 0 radical (unpaired) electrons. The number of ether oxygens (including phenoxy) is 2. The molecule has 6 nitrogen and oxygen atoms in total. The molecular formula is C22H19ClN2O4. The number of Topliss-reactive ketones (excluding diaryl/α,β-unsaturated/α-hetero) is 1. The zero-order chi connectivity index (χ0) is 20.8. The molecule has 3 rings (SSSR count). The second-order valence-corrected chi connectivity index (χ2v) is 6.49. The molecule has 0 spiro atoms. The standard InChI is InChI=1S/C22H19ClN2O4/c1-15-19(22(23)25(24-15)17-6-4-3-5-7-17)12-13-21(27)29-14-20(26)16-8-10-18(28-2)11-9-16/h3-13H,14H2,1-2H3/b13-12+. The Hall–Kier alpha value is -3.38. The van der Waals surface area contributed by atoms with E-state index in [4.69, 9.17) is 21.1 Å². The summed E-state index contributed by atoms with van der Waals surface area (Å²) in [6.07, 6.45) is 2.76. The van der Waals surface area contributed by atoms with Crippen LogP contribution in [0.4, 0.5) is 0 Å². The Morgan fingerprint density at radius 3 is 2.45 bits per heavy atom. The highest BCUT2D eigenvalue weighted by molar-refractivity contribution is 6.31. The zero-order valence-corrected chi connectivity index (χ0v) is 16.7. The first kappa shape index (κ1) is 20.4. The lowest BCUT2D eigenvalue weighted by molar-refractivity contribution is -0.136. The maximum Gasteiger partial charge on any atom is 0.331 e. The molecule has 2 aromatic carbocycles. The van der Waals surface area contributed by atoms with Crippen LogP contribution in [-0.2, 0) is 9.53 Å². The molecule has 0 aliphatic heterocycles. The number of para-hydroxylation sites is 1. The molecule has 0 atom stereocenters. The van der Waals surface area contributed by atoms with Gasteiger partial charge >= 0.3 is 5.97 Å². The van der Waals surface area contributed by atoms with Crippen molar-refractivity contribution in [2.24, 2.45) is 0 Å². The molecule has 0 aliphatic carbocycles. The van der Waals surface area contributed by atoms with Crippen LogP contribution in [-0.4, -0.2) is 35.2 Å². The number of aryl methyl sites for hydroxylation is 1. The van der Waals surface area contributed by atoms with E-state index in [1.807, 2.05) is 30.3 Å². The van der Waals surface area contributed by atoms with E-state index in [2.05, 4.69) is 5.10 Å². The number of aromatic nitrogens is 2. The number of benzene rings is 2. The number of halogens is 1. The summed E-state index contributed by atoms with van der Waals surface area (Å²) in [6, 6.07) is 16.0. The molecule has 0 fully saturated rings. The molecule has 0 bridgehead atoms. The summed E-state index contributed by atoms with van der Waals surface area (Å²) in [7, 11) is 1.54. The van der Waals surface area contributed by atoms with E-state index in [9.17, 15) is 9.59 Å².